The normalized spacial score (nSPS) is 11.5. The molecule has 10 heavy (non-hydrogen) atoms. The Bertz CT molecular complexity index is 101. The van der Waals surface area contributed by atoms with Crippen molar-refractivity contribution < 1.29 is 0 Å². The van der Waals surface area contributed by atoms with E-state index in [0.717, 1.165) is 6.54 Å². The van der Waals surface area contributed by atoms with E-state index in [9.17, 15) is 0 Å². The third-order valence-electron chi connectivity index (χ3n) is 1.55. The van der Waals surface area contributed by atoms with Crippen molar-refractivity contribution in [1.29, 1.82) is 0 Å². The van der Waals surface area contributed by atoms with Gasteiger partial charge in [0, 0.05) is 0 Å². The third-order valence-corrected chi connectivity index (χ3v) is 4.65. The van der Waals surface area contributed by atoms with Gasteiger partial charge in [0.1, 0.15) is 0 Å². The average Bonchev–Trinajstić information content (AvgIpc) is 2.01. The summed E-state index contributed by atoms with van der Waals surface area (Å²) in [4.78, 5) is 9.77. The van der Waals surface area contributed by atoms with Gasteiger partial charge in [-0.2, -0.15) is 0 Å². The molecular weight excluding hydrogens is 142 g/mol. The van der Waals surface area contributed by atoms with E-state index in [1.54, 1.807) is 0 Å². The van der Waals surface area contributed by atoms with Gasteiger partial charge in [-0.25, -0.2) is 0 Å². The lowest BCUT2D eigenvalue weighted by molar-refractivity contribution is 0.867. The van der Waals surface area contributed by atoms with Crippen molar-refractivity contribution in [3.05, 3.63) is 12.3 Å². The SMILES string of the molecule is C=C[Si](NC)(NC)NCC. The fraction of sp³-hybridized carbons (Fsp3) is 0.667. The summed E-state index contributed by atoms with van der Waals surface area (Å²) >= 11 is 0. The summed E-state index contributed by atoms with van der Waals surface area (Å²) in [6.45, 7) is 6.81. The molecule has 3 nitrogen and oxygen atoms in total. The molecule has 0 fully saturated rings. The van der Waals surface area contributed by atoms with Crippen LogP contribution in [0.1, 0.15) is 6.92 Å². The fourth-order valence-electron chi connectivity index (χ4n) is 0.857. The van der Waals surface area contributed by atoms with Crippen molar-refractivity contribution >= 4 is 8.56 Å². The topological polar surface area (TPSA) is 36.1 Å². The Morgan fingerprint density at radius 2 is 1.90 bits per heavy atom. The van der Waals surface area contributed by atoms with Crippen LogP contribution in [0.3, 0.4) is 0 Å². The molecule has 3 N–H and O–H groups in total. The van der Waals surface area contributed by atoms with Crippen LogP contribution in [0.25, 0.3) is 0 Å². The van der Waals surface area contributed by atoms with E-state index in [1.807, 2.05) is 19.8 Å². The van der Waals surface area contributed by atoms with Crippen molar-refractivity contribution in [3.63, 3.8) is 0 Å². The van der Waals surface area contributed by atoms with Crippen LogP contribution in [0.15, 0.2) is 12.3 Å². The highest BCUT2D eigenvalue weighted by Gasteiger charge is 2.24. The van der Waals surface area contributed by atoms with Crippen molar-refractivity contribution in [2.24, 2.45) is 0 Å². The minimum Gasteiger partial charge on any atom is -0.313 e. The zero-order chi connectivity index (χ0) is 8.04. The van der Waals surface area contributed by atoms with Crippen LogP contribution >= 0.6 is 0 Å². The highest BCUT2D eigenvalue weighted by Crippen LogP contribution is 1.85. The summed E-state index contributed by atoms with van der Waals surface area (Å²) in [5, 5.41) is 0. The first-order valence-electron chi connectivity index (χ1n) is 3.51. The first kappa shape index (κ1) is 9.84. The number of nitrogens with one attached hydrogen (secondary N) is 3. The molecule has 0 aliphatic rings. The summed E-state index contributed by atoms with van der Waals surface area (Å²) in [6, 6.07) is 0. The van der Waals surface area contributed by atoms with Gasteiger partial charge in [0.25, 0.3) is 0 Å². The minimum absolute atomic E-state index is 0.958. The molecule has 0 amide bonds. The maximum Gasteiger partial charge on any atom is 0.306 e. The quantitative estimate of drug-likeness (QED) is 0.482. The van der Waals surface area contributed by atoms with E-state index in [4.69, 9.17) is 0 Å². The molecule has 4 heteroatoms. The second-order valence-electron chi connectivity index (χ2n) is 2.04. The van der Waals surface area contributed by atoms with Crippen LogP contribution < -0.4 is 14.9 Å². The van der Waals surface area contributed by atoms with E-state index < -0.39 is 8.56 Å². The van der Waals surface area contributed by atoms with Gasteiger partial charge in [-0.1, -0.05) is 12.6 Å². The van der Waals surface area contributed by atoms with Crippen molar-refractivity contribution in [2.75, 3.05) is 20.6 Å². The zero-order valence-electron chi connectivity index (χ0n) is 6.99. The molecule has 60 valence electrons. The summed E-state index contributed by atoms with van der Waals surface area (Å²) in [6.07, 6.45) is 0. The Morgan fingerprint density at radius 3 is 2.00 bits per heavy atom. The van der Waals surface area contributed by atoms with E-state index in [1.165, 1.54) is 0 Å². The summed E-state index contributed by atoms with van der Waals surface area (Å²) in [5.41, 5.74) is 1.94. The fourth-order valence-corrected chi connectivity index (χ4v) is 2.57. The van der Waals surface area contributed by atoms with Gasteiger partial charge in [0.2, 0.25) is 0 Å². The molecule has 0 aliphatic heterocycles. The molecule has 0 spiro atoms. The number of hydrogen-bond donors (Lipinski definition) is 3. The molecule has 0 atom stereocenters. The Hall–Kier alpha value is -0.163. The molecule has 0 aromatic heterocycles. The van der Waals surface area contributed by atoms with E-state index in [-0.39, 0.29) is 0 Å². The lowest BCUT2D eigenvalue weighted by Gasteiger charge is -2.26. The summed E-state index contributed by atoms with van der Waals surface area (Å²) in [5.74, 6) is 0. The first-order valence-corrected chi connectivity index (χ1v) is 5.58. The summed E-state index contributed by atoms with van der Waals surface area (Å²) in [7, 11) is 2.17. The van der Waals surface area contributed by atoms with Crippen LogP contribution in [-0.4, -0.2) is 29.2 Å². The Labute approximate surface area is 64.1 Å². The monoisotopic (exact) mass is 159 g/mol. The zero-order valence-corrected chi connectivity index (χ0v) is 7.99. The highest BCUT2D eigenvalue weighted by atomic mass is 28.4. The highest BCUT2D eigenvalue weighted by molar-refractivity contribution is 6.77. The molecule has 0 unspecified atom stereocenters. The van der Waals surface area contributed by atoms with E-state index in [2.05, 4.69) is 28.4 Å². The molecule has 0 saturated carbocycles. The molecule has 0 aliphatic carbocycles. The van der Waals surface area contributed by atoms with Crippen LogP contribution in [-0.2, 0) is 0 Å². The average molecular weight is 159 g/mol. The lowest BCUT2D eigenvalue weighted by atomic mass is 10.8. The molecule has 0 rings (SSSR count). The number of rotatable bonds is 5. The minimum atomic E-state index is -1.70. The van der Waals surface area contributed by atoms with Gasteiger partial charge < -0.3 is 14.9 Å². The Morgan fingerprint density at radius 1 is 1.40 bits per heavy atom. The van der Waals surface area contributed by atoms with Gasteiger partial charge >= 0.3 is 8.56 Å². The predicted octanol–water partition coefficient (Wildman–Crippen LogP) is -0.301. The maximum absolute atomic E-state index is 3.77. The Balaban J connectivity index is 4.00. The van der Waals surface area contributed by atoms with Gasteiger partial charge in [-0.05, 0) is 20.6 Å². The second kappa shape index (κ2) is 4.62. The summed E-state index contributed by atoms with van der Waals surface area (Å²) < 4.78 is 0. The van der Waals surface area contributed by atoms with Gasteiger partial charge in [-0.3, -0.25) is 0 Å². The second-order valence-corrected chi connectivity index (χ2v) is 5.42. The van der Waals surface area contributed by atoms with Crippen LogP contribution in [0.5, 0.6) is 0 Å². The molecule has 0 heterocycles. The van der Waals surface area contributed by atoms with Crippen molar-refractivity contribution in [1.82, 2.24) is 14.9 Å². The lowest BCUT2D eigenvalue weighted by Crippen LogP contribution is -2.69. The third kappa shape index (κ3) is 2.22. The van der Waals surface area contributed by atoms with Crippen LogP contribution in [0.2, 0.25) is 0 Å². The van der Waals surface area contributed by atoms with Gasteiger partial charge in [0.05, 0.1) is 0 Å². The molecular formula is C6H17N3Si. The smallest absolute Gasteiger partial charge is 0.306 e. The van der Waals surface area contributed by atoms with E-state index >= 15 is 0 Å². The van der Waals surface area contributed by atoms with Crippen molar-refractivity contribution in [3.8, 4) is 0 Å². The Kier molecular flexibility index (Phi) is 4.55. The molecule has 0 aromatic rings. The van der Waals surface area contributed by atoms with E-state index in [0.29, 0.717) is 0 Å². The predicted molar refractivity (Wildman–Crippen MR) is 47.7 cm³/mol. The van der Waals surface area contributed by atoms with Gasteiger partial charge in [-0.15, -0.1) is 6.58 Å². The standard InChI is InChI=1S/C6H17N3Si/c1-5-9-10(6-2,7-3)8-4/h6-9H,2,5H2,1,3-4H3. The molecule has 0 saturated heterocycles. The van der Waals surface area contributed by atoms with Crippen LogP contribution in [0.4, 0.5) is 0 Å². The maximum atomic E-state index is 3.77. The van der Waals surface area contributed by atoms with Crippen molar-refractivity contribution in [2.45, 2.75) is 6.92 Å². The largest absolute Gasteiger partial charge is 0.313 e. The van der Waals surface area contributed by atoms with Gasteiger partial charge in [0.15, 0.2) is 0 Å². The molecule has 0 radical (unpaired) electrons. The van der Waals surface area contributed by atoms with Crippen LogP contribution in [0, 0.1) is 0 Å². The number of hydrogen-bond acceptors (Lipinski definition) is 3. The first-order chi connectivity index (χ1) is 4.74. The molecule has 0 aromatic carbocycles. The molecule has 0 bridgehead atoms.